The molecule has 0 atom stereocenters. The van der Waals surface area contributed by atoms with E-state index in [2.05, 4.69) is 5.32 Å². The van der Waals surface area contributed by atoms with Crippen LogP contribution in [0, 0.1) is 13.8 Å². The van der Waals surface area contributed by atoms with Crippen LogP contribution in [0.25, 0.3) is 0 Å². The third kappa shape index (κ3) is 6.24. The largest absolute Gasteiger partial charge is 0.383 e. The number of hydrogen-bond donors (Lipinski definition) is 1. The second-order valence-corrected chi connectivity index (χ2v) is 7.00. The van der Waals surface area contributed by atoms with Crippen LogP contribution in [-0.2, 0) is 19.6 Å². The predicted molar refractivity (Wildman–Crippen MR) is 82.8 cm³/mol. The number of nitrogens with one attached hydrogen (secondary N) is 1. The van der Waals surface area contributed by atoms with Crippen molar-refractivity contribution >= 4 is 21.6 Å². The molecule has 0 heterocycles. The first-order valence-corrected chi connectivity index (χ1v) is 8.39. The number of anilines is 1. The number of carbonyl (C=O) groups is 1. The highest BCUT2D eigenvalue weighted by Crippen LogP contribution is 2.13. The Hall–Kier alpha value is -1.44. The van der Waals surface area contributed by atoms with Crippen molar-refractivity contribution in [3.8, 4) is 0 Å². The van der Waals surface area contributed by atoms with Gasteiger partial charge in [-0.05, 0) is 37.1 Å². The van der Waals surface area contributed by atoms with E-state index in [1.165, 1.54) is 7.11 Å². The zero-order valence-electron chi connectivity index (χ0n) is 12.8. The molecule has 0 aliphatic heterocycles. The lowest BCUT2D eigenvalue weighted by Crippen LogP contribution is -2.39. The summed E-state index contributed by atoms with van der Waals surface area (Å²) in [6.07, 6.45) is 1.08. The maximum absolute atomic E-state index is 12.0. The molecule has 0 aliphatic rings. The van der Waals surface area contributed by atoms with E-state index in [0.29, 0.717) is 5.69 Å². The summed E-state index contributed by atoms with van der Waals surface area (Å²) in [5, 5.41) is 2.72. The lowest BCUT2D eigenvalue weighted by Gasteiger charge is -2.19. The van der Waals surface area contributed by atoms with Crippen LogP contribution in [0.2, 0.25) is 0 Å². The van der Waals surface area contributed by atoms with E-state index in [0.717, 1.165) is 21.7 Å². The van der Waals surface area contributed by atoms with Crippen molar-refractivity contribution in [2.24, 2.45) is 0 Å². The molecule has 1 aromatic rings. The molecule has 0 aromatic heterocycles. The van der Waals surface area contributed by atoms with E-state index in [4.69, 9.17) is 4.74 Å². The highest BCUT2D eigenvalue weighted by atomic mass is 32.2. The highest BCUT2D eigenvalue weighted by Gasteiger charge is 2.19. The van der Waals surface area contributed by atoms with E-state index in [1.807, 2.05) is 32.0 Å². The standard InChI is InChI=1S/C14H22N2O4S/c1-11-7-12(2)9-13(8-11)15-14(17)10-16(5-6-20-3)21(4,18)19/h7-9H,5-6,10H2,1-4H3,(H,15,17). The van der Waals surface area contributed by atoms with Gasteiger partial charge in [0, 0.05) is 19.3 Å². The SMILES string of the molecule is COCCN(CC(=O)Nc1cc(C)cc(C)c1)S(C)(=O)=O. The Labute approximate surface area is 126 Å². The number of hydrogen-bond acceptors (Lipinski definition) is 4. The van der Waals surface area contributed by atoms with Crippen LogP contribution in [0.15, 0.2) is 18.2 Å². The van der Waals surface area contributed by atoms with Crippen molar-refractivity contribution in [2.75, 3.05) is 38.4 Å². The second kappa shape index (κ2) is 7.53. The molecule has 0 saturated heterocycles. The second-order valence-electron chi connectivity index (χ2n) is 5.01. The third-order valence-corrected chi connectivity index (χ3v) is 4.09. The van der Waals surface area contributed by atoms with Gasteiger partial charge < -0.3 is 10.1 Å². The van der Waals surface area contributed by atoms with E-state index >= 15 is 0 Å². The molecule has 1 aromatic carbocycles. The molecular weight excluding hydrogens is 292 g/mol. The van der Waals surface area contributed by atoms with Gasteiger partial charge in [-0.25, -0.2) is 8.42 Å². The minimum atomic E-state index is -3.45. The van der Waals surface area contributed by atoms with Gasteiger partial charge in [0.25, 0.3) is 0 Å². The van der Waals surface area contributed by atoms with Gasteiger partial charge in [-0.3, -0.25) is 4.79 Å². The molecule has 1 amide bonds. The first-order chi connectivity index (χ1) is 9.72. The first-order valence-electron chi connectivity index (χ1n) is 6.54. The van der Waals surface area contributed by atoms with Crippen molar-refractivity contribution < 1.29 is 17.9 Å². The van der Waals surface area contributed by atoms with Crippen LogP contribution in [0.1, 0.15) is 11.1 Å². The van der Waals surface area contributed by atoms with Crippen LogP contribution in [0.5, 0.6) is 0 Å². The zero-order valence-corrected chi connectivity index (χ0v) is 13.7. The number of ether oxygens (including phenoxy) is 1. The zero-order chi connectivity index (χ0) is 16.0. The fraction of sp³-hybridized carbons (Fsp3) is 0.500. The van der Waals surface area contributed by atoms with Crippen molar-refractivity contribution in [3.05, 3.63) is 29.3 Å². The Bertz CT molecular complexity index is 579. The quantitative estimate of drug-likeness (QED) is 0.819. The Balaban J connectivity index is 2.73. The monoisotopic (exact) mass is 314 g/mol. The Morgan fingerprint density at radius 2 is 1.81 bits per heavy atom. The number of rotatable bonds is 7. The van der Waals surface area contributed by atoms with E-state index < -0.39 is 10.0 Å². The van der Waals surface area contributed by atoms with Gasteiger partial charge in [-0.1, -0.05) is 6.07 Å². The van der Waals surface area contributed by atoms with Crippen molar-refractivity contribution in [1.82, 2.24) is 4.31 Å². The molecule has 1 N–H and O–H groups in total. The third-order valence-electron chi connectivity index (χ3n) is 2.84. The summed E-state index contributed by atoms with van der Waals surface area (Å²) in [7, 11) is -1.97. The highest BCUT2D eigenvalue weighted by molar-refractivity contribution is 7.88. The topological polar surface area (TPSA) is 75.7 Å². The Kier molecular flexibility index (Phi) is 6.32. The van der Waals surface area contributed by atoms with Gasteiger partial charge in [0.05, 0.1) is 19.4 Å². The molecule has 1 rings (SSSR count). The molecule has 0 bridgehead atoms. The molecule has 7 heteroatoms. The summed E-state index contributed by atoms with van der Waals surface area (Å²) < 4.78 is 29.2. The number of aryl methyl sites for hydroxylation is 2. The molecule has 0 fully saturated rings. The number of methoxy groups -OCH3 is 1. The van der Waals surface area contributed by atoms with E-state index in [1.54, 1.807) is 0 Å². The number of benzene rings is 1. The van der Waals surface area contributed by atoms with Crippen LogP contribution in [-0.4, -0.2) is 51.7 Å². The fourth-order valence-electron chi connectivity index (χ4n) is 1.96. The van der Waals surface area contributed by atoms with Gasteiger partial charge in [-0.15, -0.1) is 0 Å². The smallest absolute Gasteiger partial charge is 0.239 e. The average Bonchev–Trinajstić information content (AvgIpc) is 2.31. The lowest BCUT2D eigenvalue weighted by atomic mass is 10.1. The van der Waals surface area contributed by atoms with Crippen LogP contribution in [0.3, 0.4) is 0 Å². The van der Waals surface area contributed by atoms with Gasteiger partial charge in [-0.2, -0.15) is 4.31 Å². The molecule has 0 unspecified atom stereocenters. The molecular formula is C14H22N2O4S. The molecule has 6 nitrogen and oxygen atoms in total. The summed E-state index contributed by atoms with van der Waals surface area (Å²) in [6, 6.07) is 5.67. The minimum absolute atomic E-state index is 0.148. The van der Waals surface area contributed by atoms with Gasteiger partial charge >= 0.3 is 0 Å². The van der Waals surface area contributed by atoms with Crippen molar-refractivity contribution in [3.63, 3.8) is 0 Å². The maximum atomic E-state index is 12.0. The van der Waals surface area contributed by atoms with E-state index in [9.17, 15) is 13.2 Å². The van der Waals surface area contributed by atoms with Crippen LogP contribution >= 0.6 is 0 Å². The molecule has 0 spiro atoms. The molecule has 0 radical (unpaired) electrons. The van der Waals surface area contributed by atoms with Crippen molar-refractivity contribution in [2.45, 2.75) is 13.8 Å². The number of amides is 1. The summed E-state index contributed by atoms with van der Waals surface area (Å²) >= 11 is 0. The summed E-state index contributed by atoms with van der Waals surface area (Å²) in [5.41, 5.74) is 2.73. The van der Waals surface area contributed by atoms with Crippen LogP contribution < -0.4 is 5.32 Å². The Morgan fingerprint density at radius 3 is 2.29 bits per heavy atom. The normalized spacial score (nSPS) is 11.7. The molecule has 0 saturated carbocycles. The van der Waals surface area contributed by atoms with Crippen LogP contribution in [0.4, 0.5) is 5.69 Å². The molecule has 118 valence electrons. The summed E-state index contributed by atoms with van der Waals surface area (Å²) in [6.45, 7) is 4.03. The maximum Gasteiger partial charge on any atom is 0.239 e. The van der Waals surface area contributed by atoms with Gasteiger partial charge in [0.2, 0.25) is 15.9 Å². The minimum Gasteiger partial charge on any atom is -0.383 e. The van der Waals surface area contributed by atoms with Gasteiger partial charge in [0.15, 0.2) is 0 Å². The summed E-state index contributed by atoms with van der Waals surface area (Å²) in [5.74, 6) is -0.374. The first kappa shape index (κ1) is 17.6. The number of carbonyl (C=O) groups excluding carboxylic acids is 1. The predicted octanol–water partition coefficient (Wildman–Crippen LogP) is 1.15. The molecule has 0 aliphatic carbocycles. The Morgan fingerprint density at radius 1 is 1.24 bits per heavy atom. The molecule has 21 heavy (non-hydrogen) atoms. The lowest BCUT2D eigenvalue weighted by molar-refractivity contribution is -0.116. The van der Waals surface area contributed by atoms with Gasteiger partial charge in [0.1, 0.15) is 0 Å². The fourth-order valence-corrected chi connectivity index (χ4v) is 2.72. The number of nitrogens with zero attached hydrogens (tertiary/aromatic N) is 1. The average molecular weight is 314 g/mol. The summed E-state index contributed by atoms with van der Waals surface area (Å²) in [4.78, 5) is 12.0. The van der Waals surface area contributed by atoms with E-state index in [-0.39, 0.29) is 25.6 Å². The van der Waals surface area contributed by atoms with Crippen molar-refractivity contribution in [1.29, 1.82) is 0 Å². The number of sulfonamides is 1.